The van der Waals surface area contributed by atoms with Gasteiger partial charge in [0.1, 0.15) is 16.8 Å². The van der Waals surface area contributed by atoms with Crippen molar-refractivity contribution in [3.8, 4) is 0 Å². The Bertz CT molecular complexity index is 596. The summed E-state index contributed by atoms with van der Waals surface area (Å²) in [5.74, 6) is 1.40. The van der Waals surface area contributed by atoms with Crippen LogP contribution >= 0.6 is 11.6 Å². The Morgan fingerprint density at radius 1 is 1.16 bits per heavy atom. The summed E-state index contributed by atoms with van der Waals surface area (Å²) in [6, 6.07) is 8.11. The van der Waals surface area contributed by atoms with Gasteiger partial charge in [-0.15, -0.1) is 0 Å². The monoisotopic (exact) mass is 276 g/mol. The minimum atomic E-state index is 0.485. The predicted molar refractivity (Wildman–Crippen MR) is 80.6 cm³/mol. The lowest BCUT2D eigenvalue weighted by Crippen LogP contribution is -2.08. The number of aryl methyl sites for hydroxylation is 1. The van der Waals surface area contributed by atoms with Gasteiger partial charge in [0.05, 0.1) is 0 Å². The third-order valence-corrected chi connectivity index (χ3v) is 3.19. The summed E-state index contributed by atoms with van der Waals surface area (Å²) in [5, 5.41) is 3.77. The van der Waals surface area contributed by atoms with Crippen LogP contribution in [0.4, 0.5) is 17.2 Å². The third-order valence-electron chi connectivity index (χ3n) is 2.82. The quantitative estimate of drug-likeness (QED) is 0.871. The average molecular weight is 277 g/mol. The molecule has 0 atom stereocenters. The van der Waals surface area contributed by atoms with Gasteiger partial charge < -0.3 is 10.2 Å². The Balaban J connectivity index is 2.33. The number of aromatic nitrogens is 2. The smallest absolute Gasteiger partial charge is 0.138 e. The van der Waals surface area contributed by atoms with Crippen molar-refractivity contribution in [3.63, 3.8) is 0 Å². The van der Waals surface area contributed by atoms with Gasteiger partial charge in [-0.3, -0.25) is 0 Å². The highest BCUT2D eigenvalue weighted by Crippen LogP contribution is 2.25. The molecule has 0 saturated carbocycles. The van der Waals surface area contributed by atoms with Crippen LogP contribution in [0.1, 0.15) is 11.4 Å². The van der Waals surface area contributed by atoms with Gasteiger partial charge in [0, 0.05) is 31.0 Å². The van der Waals surface area contributed by atoms with Crippen molar-refractivity contribution in [2.24, 2.45) is 0 Å². The molecule has 1 N–H and O–H groups in total. The minimum Gasteiger partial charge on any atom is -0.378 e. The largest absolute Gasteiger partial charge is 0.378 e. The number of benzene rings is 1. The standard InChI is InChI=1S/C14H17ClN4/c1-9-13(15)16-10(2)17-14(9)18-11-6-5-7-12(8-11)19(3)4/h5-8H,1-4H3,(H,16,17,18). The van der Waals surface area contributed by atoms with Gasteiger partial charge in [0.2, 0.25) is 0 Å². The Kier molecular flexibility index (Phi) is 3.90. The van der Waals surface area contributed by atoms with E-state index in [4.69, 9.17) is 11.6 Å². The molecule has 2 aromatic rings. The second-order valence-corrected chi connectivity index (χ2v) is 4.96. The van der Waals surface area contributed by atoms with Crippen LogP contribution < -0.4 is 10.2 Å². The normalized spacial score (nSPS) is 10.4. The molecule has 5 heteroatoms. The second kappa shape index (κ2) is 5.45. The van der Waals surface area contributed by atoms with Gasteiger partial charge in [-0.1, -0.05) is 17.7 Å². The molecule has 0 saturated heterocycles. The van der Waals surface area contributed by atoms with E-state index in [2.05, 4.69) is 32.3 Å². The summed E-state index contributed by atoms with van der Waals surface area (Å²) in [4.78, 5) is 10.6. The van der Waals surface area contributed by atoms with Crippen LogP contribution in [0.15, 0.2) is 24.3 Å². The van der Waals surface area contributed by atoms with E-state index < -0.39 is 0 Å². The third kappa shape index (κ3) is 3.15. The number of nitrogens with zero attached hydrogens (tertiary/aromatic N) is 3. The molecule has 0 aliphatic rings. The second-order valence-electron chi connectivity index (χ2n) is 4.60. The fourth-order valence-corrected chi connectivity index (χ4v) is 1.93. The van der Waals surface area contributed by atoms with Crippen molar-refractivity contribution in [1.82, 2.24) is 9.97 Å². The number of hydrogen-bond acceptors (Lipinski definition) is 4. The SMILES string of the molecule is Cc1nc(Cl)c(C)c(Nc2cccc(N(C)C)c2)n1. The van der Waals surface area contributed by atoms with Gasteiger partial charge in [0.15, 0.2) is 0 Å². The fraction of sp³-hybridized carbons (Fsp3) is 0.286. The molecular formula is C14H17ClN4. The van der Waals surface area contributed by atoms with Gasteiger partial charge in [0.25, 0.3) is 0 Å². The number of nitrogens with one attached hydrogen (secondary N) is 1. The molecule has 100 valence electrons. The summed E-state index contributed by atoms with van der Waals surface area (Å²) in [7, 11) is 4.02. The molecule has 0 amide bonds. The number of halogens is 1. The first-order valence-electron chi connectivity index (χ1n) is 6.02. The maximum atomic E-state index is 6.07. The molecule has 19 heavy (non-hydrogen) atoms. The van der Waals surface area contributed by atoms with Gasteiger partial charge >= 0.3 is 0 Å². The summed E-state index contributed by atoms with van der Waals surface area (Å²) < 4.78 is 0. The van der Waals surface area contributed by atoms with Crippen LogP contribution in [-0.2, 0) is 0 Å². The summed E-state index contributed by atoms with van der Waals surface area (Å²) >= 11 is 6.07. The van der Waals surface area contributed by atoms with E-state index in [1.807, 2.05) is 40.1 Å². The van der Waals surface area contributed by atoms with E-state index in [-0.39, 0.29) is 0 Å². The summed E-state index contributed by atoms with van der Waals surface area (Å²) in [6.45, 7) is 3.73. The van der Waals surface area contributed by atoms with E-state index >= 15 is 0 Å². The van der Waals surface area contributed by atoms with E-state index in [0.29, 0.717) is 11.0 Å². The lowest BCUT2D eigenvalue weighted by molar-refractivity contribution is 1.04. The zero-order valence-electron chi connectivity index (χ0n) is 11.5. The lowest BCUT2D eigenvalue weighted by Gasteiger charge is -2.15. The highest BCUT2D eigenvalue weighted by Gasteiger charge is 2.08. The predicted octanol–water partition coefficient (Wildman–Crippen LogP) is 3.56. The van der Waals surface area contributed by atoms with Gasteiger partial charge in [-0.05, 0) is 32.0 Å². The van der Waals surface area contributed by atoms with Crippen molar-refractivity contribution in [1.29, 1.82) is 0 Å². The number of anilines is 3. The molecule has 0 aliphatic carbocycles. The van der Waals surface area contributed by atoms with Crippen LogP contribution in [0.3, 0.4) is 0 Å². The molecule has 1 aromatic carbocycles. The average Bonchev–Trinajstić information content (AvgIpc) is 2.35. The highest BCUT2D eigenvalue weighted by molar-refractivity contribution is 6.30. The Hall–Kier alpha value is -1.81. The molecule has 4 nitrogen and oxygen atoms in total. The summed E-state index contributed by atoms with van der Waals surface area (Å²) in [6.07, 6.45) is 0. The molecule has 1 heterocycles. The topological polar surface area (TPSA) is 41.1 Å². The van der Waals surface area contributed by atoms with Crippen molar-refractivity contribution < 1.29 is 0 Å². The highest BCUT2D eigenvalue weighted by atomic mass is 35.5. The Morgan fingerprint density at radius 2 is 1.89 bits per heavy atom. The molecule has 0 unspecified atom stereocenters. The zero-order valence-corrected chi connectivity index (χ0v) is 12.3. The molecule has 2 rings (SSSR count). The van der Waals surface area contributed by atoms with E-state index in [0.717, 1.165) is 22.8 Å². The molecule has 0 aliphatic heterocycles. The zero-order chi connectivity index (χ0) is 14.0. The van der Waals surface area contributed by atoms with Crippen LogP contribution in [0.5, 0.6) is 0 Å². The molecule has 0 fully saturated rings. The van der Waals surface area contributed by atoms with E-state index in [1.165, 1.54) is 0 Å². The molecule has 0 radical (unpaired) electrons. The molecule has 0 spiro atoms. The van der Waals surface area contributed by atoms with Crippen molar-refractivity contribution in [2.45, 2.75) is 13.8 Å². The maximum absolute atomic E-state index is 6.07. The lowest BCUT2D eigenvalue weighted by atomic mass is 10.2. The fourth-order valence-electron chi connectivity index (χ4n) is 1.71. The van der Waals surface area contributed by atoms with Crippen molar-refractivity contribution in [2.75, 3.05) is 24.3 Å². The first kappa shape index (κ1) is 13.6. The van der Waals surface area contributed by atoms with Crippen LogP contribution in [0, 0.1) is 13.8 Å². The molecule has 1 aromatic heterocycles. The van der Waals surface area contributed by atoms with Crippen LogP contribution in [-0.4, -0.2) is 24.1 Å². The van der Waals surface area contributed by atoms with E-state index in [9.17, 15) is 0 Å². The van der Waals surface area contributed by atoms with Gasteiger partial charge in [-0.25, -0.2) is 9.97 Å². The van der Waals surface area contributed by atoms with E-state index in [1.54, 1.807) is 0 Å². The Morgan fingerprint density at radius 3 is 2.58 bits per heavy atom. The van der Waals surface area contributed by atoms with Gasteiger partial charge in [-0.2, -0.15) is 0 Å². The summed E-state index contributed by atoms with van der Waals surface area (Å²) in [5.41, 5.74) is 2.95. The van der Waals surface area contributed by atoms with Crippen LogP contribution in [0.2, 0.25) is 5.15 Å². The molecule has 0 bridgehead atoms. The maximum Gasteiger partial charge on any atom is 0.138 e. The van der Waals surface area contributed by atoms with Crippen LogP contribution in [0.25, 0.3) is 0 Å². The molecular weight excluding hydrogens is 260 g/mol. The number of hydrogen-bond donors (Lipinski definition) is 1. The number of rotatable bonds is 3. The van der Waals surface area contributed by atoms with Crippen molar-refractivity contribution in [3.05, 3.63) is 40.8 Å². The Labute approximate surface area is 118 Å². The first-order valence-corrected chi connectivity index (χ1v) is 6.40. The first-order chi connectivity index (χ1) is 8.97. The minimum absolute atomic E-state index is 0.485. The van der Waals surface area contributed by atoms with Crippen molar-refractivity contribution >= 4 is 28.8 Å².